The monoisotopic (exact) mass is 425 g/mol. The number of aliphatic hydroxyl groups is 1. The van der Waals surface area contributed by atoms with E-state index in [-0.39, 0.29) is 24.6 Å². The predicted octanol–water partition coefficient (Wildman–Crippen LogP) is 3.71. The van der Waals surface area contributed by atoms with Gasteiger partial charge in [0.1, 0.15) is 24.8 Å². The zero-order chi connectivity index (χ0) is 21.8. The zero-order valence-corrected chi connectivity index (χ0v) is 17.2. The van der Waals surface area contributed by atoms with Crippen LogP contribution in [0, 0.1) is 11.7 Å². The lowest BCUT2D eigenvalue weighted by Gasteiger charge is -2.15. The Morgan fingerprint density at radius 3 is 2.52 bits per heavy atom. The summed E-state index contributed by atoms with van der Waals surface area (Å²) >= 11 is 0. The minimum absolute atomic E-state index is 0.209. The Morgan fingerprint density at radius 2 is 1.84 bits per heavy atom. The van der Waals surface area contributed by atoms with E-state index >= 15 is 0 Å². The molecule has 0 saturated heterocycles. The van der Waals surface area contributed by atoms with Crippen LogP contribution in [0.4, 0.5) is 4.39 Å². The quantitative estimate of drug-likeness (QED) is 0.566. The van der Waals surface area contributed by atoms with Crippen LogP contribution in [0.2, 0.25) is 0 Å². The largest absolute Gasteiger partial charge is 0.493 e. The van der Waals surface area contributed by atoms with Crippen molar-refractivity contribution in [1.29, 1.82) is 0 Å². The summed E-state index contributed by atoms with van der Waals surface area (Å²) in [5.41, 5.74) is 1.15. The van der Waals surface area contributed by atoms with Crippen molar-refractivity contribution in [2.75, 3.05) is 13.7 Å². The van der Waals surface area contributed by atoms with Gasteiger partial charge in [-0.1, -0.05) is 12.1 Å². The van der Waals surface area contributed by atoms with Crippen LogP contribution in [-0.2, 0) is 6.61 Å². The van der Waals surface area contributed by atoms with Crippen molar-refractivity contribution in [3.63, 3.8) is 0 Å². The van der Waals surface area contributed by atoms with Gasteiger partial charge in [0, 0.05) is 18.3 Å². The molecule has 162 valence electrons. The molecule has 0 bridgehead atoms. The molecule has 1 N–H and O–H groups in total. The number of pyridine rings is 1. The number of hydrogen-bond donors (Lipinski definition) is 1. The van der Waals surface area contributed by atoms with Crippen molar-refractivity contribution >= 4 is 0 Å². The van der Waals surface area contributed by atoms with Crippen molar-refractivity contribution in [2.45, 2.75) is 25.6 Å². The molecule has 1 aromatic heterocycles. The van der Waals surface area contributed by atoms with E-state index in [0.29, 0.717) is 28.9 Å². The fourth-order valence-electron chi connectivity index (χ4n) is 3.23. The number of hydrogen-bond acceptors (Lipinski definition) is 5. The number of ether oxygens (including phenoxy) is 3. The van der Waals surface area contributed by atoms with Crippen molar-refractivity contribution in [1.82, 2.24) is 4.57 Å². The Labute approximate surface area is 179 Å². The lowest BCUT2D eigenvalue weighted by Crippen LogP contribution is -2.20. The Bertz CT molecular complexity index is 1090. The molecule has 1 aliphatic rings. The Balaban J connectivity index is 1.45. The first-order valence-corrected chi connectivity index (χ1v) is 10.1. The molecular formula is C24H24FNO5. The van der Waals surface area contributed by atoms with E-state index in [0.717, 1.165) is 18.4 Å². The van der Waals surface area contributed by atoms with Crippen LogP contribution in [-0.4, -0.2) is 29.5 Å². The maximum absolute atomic E-state index is 13.0. The summed E-state index contributed by atoms with van der Waals surface area (Å²) in [4.78, 5) is 12.6. The summed E-state index contributed by atoms with van der Waals surface area (Å²) in [5.74, 6) is 1.43. The Kier molecular flexibility index (Phi) is 6.23. The summed E-state index contributed by atoms with van der Waals surface area (Å²) in [6, 6.07) is 14.3. The first kappa shape index (κ1) is 20.9. The van der Waals surface area contributed by atoms with E-state index in [1.807, 2.05) is 0 Å². The molecule has 6 nitrogen and oxygen atoms in total. The highest BCUT2D eigenvalue weighted by molar-refractivity contribution is 5.49. The molecule has 1 atom stereocenters. The maximum atomic E-state index is 13.0. The SMILES string of the molecule is COc1cc(-n2ccc(OCc3ccc(F)cc3)cc2=O)ccc1OC[C@H](O)C1CC1. The summed E-state index contributed by atoms with van der Waals surface area (Å²) in [6.07, 6.45) is 3.21. The molecule has 4 rings (SSSR count). The van der Waals surface area contributed by atoms with Gasteiger partial charge < -0.3 is 19.3 Å². The molecule has 7 heteroatoms. The molecule has 1 saturated carbocycles. The second-order valence-corrected chi connectivity index (χ2v) is 7.54. The van der Waals surface area contributed by atoms with Crippen LogP contribution < -0.4 is 19.8 Å². The molecule has 1 fully saturated rings. The van der Waals surface area contributed by atoms with Gasteiger partial charge in [-0.05, 0) is 54.7 Å². The van der Waals surface area contributed by atoms with Gasteiger partial charge in [-0.2, -0.15) is 0 Å². The third-order valence-electron chi connectivity index (χ3n) is 5.21. The van der Waals surface area contributed by atoms with Crippen molar-refractivity contribution in [3.05, 3.63) is 82.5 Å². The van der Waals surface area contributed by atoms with Gasteiger partial charge in [-0.3, -0.25) is 9.36 Å². The van der Waals surface area contributed by atoms with Crippen molar-refractivity contribution < 1.29 is 23.7 Å². The van der Waals surface area contributed by atoms with Gasteiger partial charge in [0.2, 0.25) is 0 Å². The molecule has 0 unspecified atom stereocenters. The van der Waals surface area contributed by atoms with Crippen LogP contribution in [0.3, 0.4) is 0 Å². The molecule has 1 heterocycles. The molecular weight excluding hydrogens is 401 g/mol. The van der Waals surface area contributed by atoms with E-state index in [2.05, 4.69) is 0 Å². The molecule has 1 aliphatic carbocycles. The fourth-order valence-corrected chi connectivity index (χ4v) is 3.23. The van der Waals surface area contributed by atoms with Crippen LogP contribution in [0.5, 0.6) is 17.2 Å². The van der Waals surface area contributed by atoms with Crippen LogP contribution in [0.15, 0.2) is 65.6 Å². The van der Waals surface area contributed by atoms with Crippen LogP contribution in [0.25, 0.3) is 5.69 Å². The summed E-state index contributed by atoms with van der Waals surface area (Å²) in [5, 5.41) is 10.00. The Morgan fingerprint density at radius 1 is 1.06 bits per heavy atom. The minimum Gasteiger partial charge on any atom is -0.493 e. The van der Waals surface area contributed by atoms with E-state index < -0.39 is 6.10 Å². The number of aromatic nitrogens is 1. The summed E-state index contributed by atoms with van der Waals surface area (Å²) in [6.45, 7) is 0.441. The first-order chi connectivity index (χ1) is 15.0. The summed E-state index contributed by atoms with van der Waals surface area (Å²) in [7, 11) is 1.53. The number of halogens is 1. The lowest BCUT2D eigenvalue weighted by atomic mass is 10.2. The van der Waals surface area contributed by atoms with Gasteiger partial charge >= 0.3 is 0 Å². The molecule has 0 spiro atoms. The maximum Gasteiger partial charge on any atom is 0.258 e. The number of nitrogens with zero attached hydrogens (tertiary/aromatic N) is 1. The first-order valence-electron chi connectivity index (χ1n) is 10.1. The number of rotatable bonds is 9. The Hall–Kier alpha value is -3.32. The smallest absolute Gasteiger partial charge is 0.258 e. The molecule has 0 aliphatic heterocycles. The van der Waals surface area contributed by atoms with Gasteiger partial charge in [0.15, 0.2) is 11.5 Å². The van der Waals surface area contributed by atoms with Gasteiger partial charge in [0.05, 0.1) is 18.9 Å². The minimum atomic E-state index is -0.477. The normalized spacial score (nSPS) is 14.2. The highest BCUT2D eigenvalue weighted by atomic mass is 19.1. The standard InChI is InChI=1S/C24H24FNO5/c1-29-23-12-19(8-9-22(23)31-15-21(27)17-4-5-17)26-11-10-20(13-24(26)28)30-14-16-2-6-18(25)7-3-16/h2-3,6-13,17,21,27H,4-5,14-15H2,1H3/t21-/m0/s1. The molecule has 0 amide bonds. The van der Waals surface area contributed by atoms with E-state index in [1.165, 1.54) is 29.9 Å². The lowest BCUT2D eigenvalue weighted by molar-refractivity contribution is 0.0880. The summed E-state index contributed by atoms with van der Waals surface area (Å²) < 4.78 is 31.2. The van der Waals surface area contributed by atoms with Gasteiger partial charge in [0.25, 0.3) is 5.56 Å². The van der Waals surface area contributed by atoms with Crippen LogP contribution in [0.1, 0.15) is 18.4 Å². The molecule has 0 radical (unpaired) electrons. The zero-order valence-electron chi connectivity index (χ0n) is 17.2. The van der Waals surface area contributed by atoms with E-state index in [4.69, 9.17) is 14.2 Å². The highest BCUT2D eigenvalue weighted by Crippen LogP contribution is 2.34. The third kappa shape index (κ3) is 5.24. The average molecular weight is 425 g/mol. The fraction of sp³-hybridized carbons (Fsp3) is 0.292. The molecule has 3 aromatic rings. The van der Waals surface area contributed by atoms with Gasteiger partial charge in [-0.15, -0.1) is 0 Å². The van der Waals surface area contributed by atoms with Crippen molar-refractivity contribution in [2.24, 2.45) is 5.92 Å². The highest BCUT2D eigenvalue weighted by Gasteiger charge is 2.30. The predicted molar refractivity (Wildman–Crippen MR) is 114 cm³/mol. The average Bonchev–Trinajstić information content (AvgIpc) is 3.63. The molecule has 2 aromatic carbocycles. The topological polar surface area (TPSA) is 69.9 Å². The van der Waals surface area contributed by atoms with E-state index in [1.54, 1.807) is 42.6 Å². The van der Waals surface area contributed by atoms with Crippen molar-refractivity contribution in [3.8, 4) is 22.9 Å². The van der Waals surface area contributed by atoms with Gasteiger partial charge in [-0.25, -0.2) is 4.39 Å². The number of aliphatic hydroxyl groups excluding tert-OH is 1. The number of benzene rings is 2. The third-order valence-corrected chi connectivity index (χ3v) is 5.21. The second-order valence-electron chi connectivity index (χ2n) is 7.54. The second kappa shape index (κ2) is 9.22. The molecule has 31 heavy (non-hydrogen) atoms. The number of methoxy groups -OCH3 is 1. The van der Waals surface area contributed by atoms with E-state index in [9.17, 15) is 14.3 Å². The van der Waals surface area contributed by atoms with Crippen LogP contribution >= 0.6 is 0 Å².